The van der Waals surface area contributed by atoms with Gasteiger partial charge in [0.05, 0.1) is 22.9 Å². The minimum atomic E-state index is -0.622. The van der Waals surface area contributed by atoms with Crippen molar-refractivity contribution in [1.82, 2.24) is 0 Å². The molecule has 2 aromatic rings. The quantitative estimate of drug-likeness (QED) is 0.810. The number of hydrogen-bond donors (Lipinski definition) is 2. The number of benzene rings is 2. The maximum Gasteiger partial charge on any atom is 0.266 e. The van der Waals surface area contributed by atoms with Gasteiger partial charge in [0.2, 0.25) is 5.91 Å². The van der Waals surface area contributed by atoms with Crippen LogP contribution in [0.1, 0.15) is 41.0 Å². The van der Waals surface area contributed by atoms with Crippen molar-refractivity contribution in [1.29, 1.82) is 0 Å². The lowest BCUT2D eigenvalue weighted by molar-refractivity contribution is -0.118. The molecule has 3 N–H and O–H groups in total. The zero-order chi connectivity index (χ0) is 18.8. The van der Waals surface area contributed by atoms with Crippen molar-refractivity contribution in [3.05, 3.63) is 59.7 Å². The monoisotopic (exact) mass is 351 g/mol. The zero-order valence-corrected chi connectivity index (χ0v) is 14.7. The van der Waals surface area contributed by atoms with Gasteiger partial charge in [0.15, 0.2) is 0 Å². The van der Waals surface area contributed by atoms with Crippen LogP contribution in [0.5, 0.6) is 0 Å². The topological polar surface area (TPSA) is 92.5 Å². The highest BCUT2D eigenvalue weighted by Crippen LogP contribution is 2.29. The summed E-state index contributed by atoms with van der Waals surface area (Å²) in [5.74, 6) is -0.982. The Morgan fingerprint density at radius 2 is 1.69 bits per heavy atom. The van der Waals surface area contributed by atoms with Crippen molar-refractivity contribution in [3.63, 3.8) is 0 Å². The molecule has 0 spiro atoms. The molecule has 0 fully saturated rings. The zero-order valence-electron chi connectivity index (χ0n) is 14.7. The van der Waals surface area contributed by atoms with E-state index in [1.807, 2.05) is 13.8 Å². The largest absolute Gasteiger partial charge is 0.325 e. The van der Waals surface area contributed by atoms with Crippen LogP contribution in [0.25, 0.3) is 0 Å². The number of carbonyl (C=O) groups is 3. The molecular formula is C20H21N3O3. The molecule has 0 aliphatic carbocycles. The minimum absolute atomic E-state index is 0.0504. The molecule has 1 heterocycles. The summed E-state index contributed by atoms with van der Waals surface area (Å²) in [5.41, 5.74) is 7.61. The molecule has 26 heavy (non-hydrogen) atoms. The van der Waals surface area contributed by atoms with Crippen LogP contribution in [-0.4, -0.2) is 23.8 Å². The molecule has 0 bridgehead atoms. The van der Waals surface area contributed by atoms with E-state index in [0.717, 1.165) is 11.3 Å². The Kier molecular flexibility index (Phi) is 4.86. The fourth-order valence-electron chi connectivity index (χ4n) is 2.88. The Labute approximate surface area is 152 Å². The van der Waals surface area contributed by atoms with Crippen molar-refractivity contribution in [2.24, 2.45) is 11.7 Å². The summed E-state index contributed by atoms with van der Waals surface area (Å²) in [6.45, 7) is 3.89. The number of imide groups is 1. The number of carbonyl (C=O) groups excluding carboxylic acids is 3. The average molecular weight is 351 g/mol. The van der Waals surface area contributed by atoms with Gasteiger partial charge in [0.1, 0.15) is 0 Å². The number of hydrogen-bond acceptors (Lipinski definition) is 4. The number of nitrogens with one attached hydrogen (secondary N) is 1. The van der Waals surface area contributed by atoms with Gasteiger partial charge in [0.25, 0.3) is 11.8 Å². The van der Waals surface area contributed by atoms with E-state index in [1.165, 1.54) is 0 Å². The summed E-state index contributed by atoms with van der Waals surface area (Å²) < 4.78 is 0. The van der Waals surface area contributed by atoms with Gasteiger partial charge in [-0.1, -0.05) is 38.5 Å². The van der Waals surface area contributed by atoms with E-state index in [9.17, 15) is 14.4 Å². The number of fused-ring (bicyclic) bond motifs is 1. The first-order valence-electron chi connectivity index (χ1n) is 8.58. The normalized spacial score (nSPS) is 15.6. The predicted octanol–water partition coefficient (Wildman–Crippen LogP) is 2.80. The van der Waals surface area contributed by atoms with Gasteiger partial charge < -0.3 is 11.1 Å². The molecule has 0 saturated carbocycles. The molecule has 1 aliphatic rings. The van der Waals surface area contributed by atoms with E-state index < -0.39 is 6.04 Å². The molecule has 6 nitrogen and oxygen atoms in total. The molecular weight excluding hydrogens is 330 g/mol. The van der Waals surface area contributed by atoms with Crippen LogP contribution >= 0.6 is 0 Å². The van der Waals surface area contributed by atoms with E-state index >= 15 is 0 Å². The maximum atomic E-state index is 12.6. The van der Waals surface area contributed by atoms with Gasteiger partial charge in [-0.3, -0.25) is 14.4 Å². The third-order valence-electron chi connectivity index (χ3n) is 4.73. The van der Waals surface area contributed by atoms with Gasteiger partial charge >= 0.3 is 0 Å². The van der Waals surface area contributed by atoms with Crippen LogP contribution in [0.2, 0.25) is 0 Å². The number of nitrogens with zero attached hydrogens (tertiary/aromatic N) is 1. The molecule has 0 aromatic heterocycles. The standard InChI is InChI=1S/C20H21N3O3/c1-3-12(2)17(21)18(24)22-13-7-6-8-14(11-13)23-19(25)15-9-4-5-10-16(15)20(23)26/h4-12,17H,3,21H2,1-2H3,(H,22,24). The SMILES string of the molecule is CCC(C)C(N)C(=O)Nc1cccc(N2C(=O)c3ccccc3C2=O)c1. The molecule has 2 unspecified atom stereocenters. The lowest BCUT2D eigenvalue weighted by Crippen LogP contribution is -2.40. The molecule has 0 saturated heterocycles. The first-order valence-corrected chi connectivity index (χ1v) is 8.58. The van der Waals surface area contributed by atoms with Crippen LogP contribution in [0.4, 0.5) is 11.4 Å². The molecule has 3 rings (SSSR count). The second-order valence-corrected chi connectivity index (χ2v) is 6.44. The lowest BCUT2D eigenvalue weighted by atomic mass is 9.99. The Morgan fingerprint density at radius 3 is 2.27 bits per heavy atom. The summed E-state index contributed by atoms with van der Waals surface area (Å²) in [5, 5.41) is 2.76. The van der Waals surface area contributed by atoms with Gasteiger partial charge in [-0.25, -0.2) is 4.90 Å². The fraction of sp³-hybridized carbons (Fsp3) is 0.250. The first-order chi connectivity index (χ1) is 12.4. The van der Waals surface area contributed by atoms with E-state index in [2.05, 4.69) is 5.32 Å². The van der Waals surface area contributed by atoms with Gasteiger partial charge in [-0.2, -0.15) is 0 Å². The summed E-state index contributed by atoms with van der Waals surface area (Å²) in [6, 6.07) is 12.7. The van der Waals surface area contributed by atoms with Crippen molar-refractivity contribution in [2.45, 2.75) is 26.3 Å². The molecule has 2 aromatic carbocycles. The number of nitrogens with two attached hydrogens (primary N) is 1. The van der Waals surface area contributed by atoms with E-state index in [0.29, 0.717) is 22.5 Å². The van der Waals surface area contributed by atoms with Gasteiger partial charge in [-0.15, -0.1) is 0 Å². The smallest absolute Gasteiger partial charge is 0.266 e. The van der Waals surface area contributed by atoms with E-state index in [1.54, 1.807) is 48.5 Å². The van der Waals surface area contributed by atoms with Crippen molar-refractivity contribution < 1.29 is 14.4 Å². The Bertz CT molecular complexity index is 843. The van der Waals surface area contributed by atoms with E-state index in [-0.39, 0.29) is 23.6 Å². The third kappa shape index (κ3) is 3.11. The summed E-state index contributed by atoms with van der Waals surface area (Å²) >= 11 is 0. The molecule has 0 radical (unpaired) electrons. The van der Waals surface area contributed by atoms with Gasteiger partial charge in [0, 0.05) is 5.69 Å². The maximum absolute atomic E-state index is 12.6. The Balaban J connectivity index is 1.84. The van der Waals surface area contributed by atoms with Crippen molar-refractivity contribution in [3.8, 4) is 0 Å². The summed E-state index contributed by atoms with van der Waals surface area (Å²) in [4.78, 5) is 38.5. The van der Waals surface area contributed by atoms with E-state index in [4.69, 9.17) is 5.73 Å². The second kappa shape index (κ2) is 7.09. The highest BCUT2D eigenvalue weighted by Gasteiger charge is 2.36. The Morgan fingerprint density at radius 1 is 1.08 bits per heavy atom. The van der Waals surface area contributed by atoms with Crippen molar-refractivity contribution in [2.75, 3.05) is 10.2 Å². The summed E-state index contributed by atoms with van der Waals surface area (Å²) in [6.07, 6.45) is 0.795. The molecule has 2 atom stereocenters. The third-order valence-corrected chi connectivity index (χ3v) is 4.73. The molecule has 3 amide bonds. The fourth-order valence-corrected chi connectivity index (χ4v) is 2.88. The predicted molar refractivity (Wildman–Crippen MR) is 100 cm³/mol. The summed E-state index contributed by atoms with van der Waals surface area (Å²) in [7, 11) is 0. The average Bonchev–Trinajstić information content (AvgIpc) is 2.91. The number of amides is 3. The van der Waals surface area contributed by atoms with Crippen LogP contribution in [-0.2, 0) is 4.79 Å². The van der Waals surface area contributed by atoms with Crippen LogP contribution in [0.15, 0.2) is 48.5 Å². The van der Waals surface area contributed by atoms with Crippen LogP contribution in [0.3, 0.4) is 0 Å². The van der Waals surface area contributed by atoms with Crippen LogP contribution in [0, 0.1) is 5.92 Å². The Hall–Kier alpha value is -2.99. The molecule has 6 heteroatoms. The van der Waals surface area contributed by atoms with Crippen molar-refractivity contribution >= 4 is 29.1 Å². The van der Waals surface area contributed by atoms with Gasteiger partial charge in [-0.05, 0) is 36.2 Å². The van der Waals surface area contributed by atoms with Crippen LogP contribution < -0.4 is 16.0 Å². The first kappa shape index (κ1) is 17.8. The highest BCUT2D eigenvalue weighted by molar-refractivity contribution is 6.34. The minimum Gasteiger partial charge on any atom is -0.325 e. The molecule has 134 valence electrons. The number of anilines is 2. The number of rotatable bonds is 5. The lowest BCUT2D eigenvalue weighted by Gasteiger charge is -2.19. The second-order valence-electron chi connectivity index (χ2n) is 6.44. The molecule has 1 aliphatic heterocycles. The highest BCUT2D eigenvalue weighted by atomic mass is 16.2.